The molecule has 0 bridgehead atoms. The lowest BCUT2D eigenvalue weighted by atomic mass is 9.87. The number of nitrogens with zero attached hydrogens (tertiary/aromatic N) is 3. The Morgan fingerprint density at radius 1 is 1.05 bits per heavy atom. The van der Waals surface area contributed by atoms with E-state index in [0.717, 1.165) is 63.3 Å². The quantitative estimate of drug-likeness (QED) is 0.213. The Morgan fingerprint density at radius 2 is 1.76 bits per heavy atom. The van der Waals surface area contributed by atoms with Crippen LogP contribution in [0.2, 0.25) is 0 Å². The van der Waals surface area contributed by atoms with Crippen LogP contribution in [0.15, 0.2) is 42.9 Å². The first-order chi connectivity index (χ1) is 17.8. The number of aliphatic hydroxyl groups is 1. The second-order valence-electron chi connectivity index (χ2n) is 12.2. The van der Waals surface area contributed by atoms with Gasteiger partial charge in [-0.05, 0) is 87.5 Å². The fraction of sp³-hybridized carbons (Fsp3) is 0.484. The second-order valence-corrected chi connectivity index (χ2v) is 12.2. The number of aryl methyl sites for hydroxylation is 1. The van der Waals surface area contributed by atoms with Crippen molar-refractivity contribution in [2.45, 2.75) is 73.0 Å². The molecule has 3 N–H and O–H groups in total. The van der Waals surface area contributed by atoms with Gasteiger partial charge in [0.05, 0.1) is 24.1 Å². The van der Waals surface area contributed by atoms with Gasteiger partial charge in [0.15, 0.2) is 0 Å². The molecule has 4 rings (SSSR count). The van der Waals surface area contributed by atoms with Crippen molar-refractivity contribution >= 4 is 11.0 Å². The number of benzene rings is 1. The van der Waals surface area contributed by atoms with E-state index in [1.54, 1.807) is 6.20 Å². The maximum Gasteiger partial charge on any atom is 0.138 e. The Balaban J connectivity index is 1.55. The highest BCUT2D eigenvalue weighted by Crippen LogP contribution is 2.37. The van der Waals surface area contributed by atoms with Gasteiger partial charge in [-0.15, -0.1) is 0 Å². The Labute approximate surface area is 226 Å². The molecule has 1 atom stereocenters. The molecule has 1 unspecified atom stereocenters. The first-order valence-electron chi connectivity index (χ1n) is 13.5. The van der Waals surface area contributed by atoms with E-state index in [1.807, 2.05) is 38.4 Å². The molecule has 3 heterocycles. The first-order valence-corrected chi connectivity index (χ1v) is 13.5. The molecule has 204 valence electrons. The van der Waals surface area contributed by atoms with E-state index in [9.17, 15) is 5.11 Å². The number of rotatable bonds is 10. The molecule has 1 aromatic carbocycles. The van der Waals surface area contributed by atoms with Gasteiger partial charge in [0.1, 0.15) is 11.4 Å². The summed E-state index contributed by atoms with van der Waals surface area (Å²) < 4.78 is 6.06. The van der Waals surface area contributed by atoms with Gasteiger partial charge in [0, 0.05) is 47.9 Å². The van der Waals surface area contributed by atoms with Gasteiger partial charge in [0.25, 0.3) is 0 Å². The molecule has 0 saturated heterocycles. The molecule has 0 aliphatic rings. The van der Waals surface area contributed by atoms with Crippen molar-refractivity contribution in [1.82, 2.24) is 25.1 Å². The maximum absolute atomic E-state index is 10.8. The molecule has 4 aromatic rings. The Morgan fingerprint density at radius 3 is 2.37 bits per heavy atom. The van der Waals surface area contributed by atoms with E-state index in [1.165, 1.54) is 0 Å². The number of H-pyrrole nitrogens is 2. The van der Waals surface area contributed by atoms with Gasteiger partial charge >= 0.3 is 0 Å². The largest absolute Gasteiger partial charge is 0.494 e. The predicted octanol–water partition coefficient (Wildman–Crippen LogP) is 6.38. The predicted molar refractivity (Wildman–Crippen MR) is 156 cm³/mol. The lowest BCUT2D eigenvalue weighted by Crippen LogP contribution is -2.40. The number of aromatic nitrogens is 4. The first kappa shape index (κ1) is 27.9. The SMILES string of the molecule is Cc1c(-c2cn[nH]c2)cnc2[nH]c(-c3ccc(OCCCN(C)C(C)C(C)(C)C)cc3)c(CC(C)(C)O)c12. The molecule has 7 nitrogen and oxygen atoms in total. The molecule has 38 heavy (non-hydrogen) atoms. The molecule has 0 aliphatic heterocycles. The standard InChI is InChI=1S/C31H43N5O2/c1-20-26(23-17-33-34-18-23)19-32-29-27(20)25(16-31(6,7)37)28(35-29)22-10-12-24(13-11-22)38-15-9-14-36(8)21(2)30(3,4)5/h10-13,17-19,21,37H,9,14-16H2,1-8H3,(H,32,35)(H,33,34). The third-order valence-electron chi connectivity index (χ3n) is 7.59. The number of aromatic amines is 2. The van der Waals surface area contributed by atoms with Crippen LogP contribution in [0.5, 0.6) is 5.75 Å². The fourth-order valence-electron chi connectivity index (χ4n) is 5.01. The van der Waals surface area contributed by atoms with Crippen molar-refractivity contribution in [2.75, 3.05) is 20.2 Å². The van der Waals surface area contributed by atoms with Crippen LogP contribution >= 0.6 is 0 Å². The summed E-state index contributed by atoms with van der Waals surface area (Å²) in [7, 11) is 2.19. The summed E-state index contributed by atoms with van der Waals surface area (Å²) in [6, 6.07) is 8.70. The van der Waals surface area contributed by atoms with Crippen molar-refractivity contribution in [3.63, 3.8) is 0 Å². The van der Waals surface area contributed by atoms with Crippen LogP contribution in [0.4, 0.5) is 0 Å². The van der Waals surface area contributed by atoms with E-state index in [-0.39, 0.29) is 5.41 Å². The van der Waals surface area contributed by atoms with Crippen LogP contribution in [-0.2, 0) is 6.42 Å². The molecular weight excluding hydrogens is 474 g/mol. The topological polar surface area (TPSA) is 90.1 Å². The number of ether oxygens (including phenoxy) is 1. The summed E-state index contributed by atoms with van der Waals surface area (Å²) in [5, 5.41) is 18.8. The molecule has 0 saturated carbocycles. The zero-order valence-corrected chi connectivity index (χ0v) is 24.1. The smallest absolute Gasteiger partial charge is 0.138 e. The van der Waals surface area contributed by atoms with E-state index < -0.39 is 5.60 Å². The minimum Gasteiger partial charge on any atom is -0.494 e. The van der Waals surface area contributed by atoms with Crippen molar-refractivity contribution in [1.29, 1.82) is 0 Å². The van der Waals surface area contributed by atoms with Crippen LogP contribution in [0.3, 0.4) is 0 Å². The van der Waals surface area contributed by atoms with Crippen molar-refractivity contribution in [3.05, 3.63) is 54.0 Å². The number of hydrogen-bond acceptors (Lipinski definition) is 5. The summed E-state index contributed by atoms with van der Waals surface area (Å²) in [5.74, 6) is 0.858. The zero-order chi connectivity index (χ0) is 27.7. The molecule has 3 aromatic heterocycles. The van der Waals surface area contributed by atoms with Gasteiger partial charge in [-0.2, -0.15) is 5.10 Å². The minimum atomic E-state index is -0.872. The van der Waals surface area contributed by atoms with Crippen molar-refractivity contribution < 1.29 is 9.84 Å². The number of fused-ring (bicyclic) bond motifs is 1. The molecular formula is C31H43N5O2. The normalized spacial score (nSPS) is 13.4. The molecule has 0 radical (unpaired) electrons. The van der Waals surface area contributed by atoms with Crippen LogP contribution in [0.25, 0.3) is 33.4 Å². The van der Waals surface area contributed by atoms with E-state index >= 15 is 0 Å². The second kappa shape index (κ2) is 10.9. The summed E-state index contributed by atoms with van der Waals surface area (Å²) >= 11 is 0. The maximum atomic E-state index is 10.8. The third kappa shape index (κ3) is 6.27. The van der Waals surface area contributed by atoms with E-state index in [4.69, 9.17) is 9.72 Å². The van der Waals surface area contributed by atoms with Crippen molar-refractivity contribution in [2.24, 2.45) is 5.41 Å². The molecule has 0 amide bonds. The summed E-state index contributed by atoms with van der Waals surface area (Å²) in [4.78, 5) is 10.7. The highest BCUT2D eigenvalue weighted by molar-refractivity contribution is 5.94. The summed E-state index contributed by atoms with van der Waals surface area (Å²) in [6.45, 7) is 16.6. The monoisotopic (exact) mass is 517 g/mol. The Kier molecular flexibility index (Phi) is 8.00. The van der Waals surface area contributed by atoms with Gasteiger partial charge in [-0.1, -0.05) is 20.8 Å². The highest BCUT2D eigenvalue weighted by atomic mass is 16.5. The summed E-state index contributed by atoms with van der Waals surface area (Å²) in [6.07, 6.45) is 7.04. The molecule has 0 aliphatic carbocycles. The van der Waals surface area contributed by atoms with E-state index in [2.05, 4.69) is 73.9 Å². The molecule has 0 spiro atoms. The van der Waals surface area contributed by atoms with Gasteiger partial charge in [0.2, 0.25) is 0 Å². The Hall–Kier alpha value is -3.16. The molecule has 7 heteroatoms. The average Bonchev–Trinajstić information content (AvgIpc) is 3.49. The van der Waals surface area contributed by atoms with Gasteiger partial charge in [-0.25, -0.2) is 4.98 Å². The van der Waals surface area contributed by atoms with Crippen molar-refractivity contribution in [3.8, 4) is 28.1 Å². The number of hydrogen-bond donors (Lipinski definition) is 3. The molecule has 0 fully saturated rings. The highest BCUT2D eigenvalue weighted by Gasteiger charge is 2.25. The van der Waals surface area contributed by atoms with Crippen LogP contribution in [0.1, 0.15) is 59.1 Å². The average molecular weight is 518 g/mol. The Bertz CT molecular complexity index is 1340. The lowest BCUT2D eigenvalue weighted by molar-refractivity contribution is 0.0814. The lowest BCUT2D eigenvalue weighted by Gasteiger charge is -2.35. The summed E-state index contributed by atoms with van der Waals surface area (Å²) in [5.41, 5.74) is 6.42. The number of pyridine rings is 1. The van der Waals surface area contributed by atoms with Crippen LogP contribution < -0.4 is 4.74 Å². The van der Waals surface area contributed by atoms with Crippen LogP contribution in [-0.4, -0.2) is 62.0 Å². The van der Waals surface area contributed by atoms with E-state index in [0.29, 0.717) is 19.1 Å². The third-order valence-corrected chi connectivity index (χ3v) is 7.59. The van der Waals surface area contributed by atoms with Crippen LogP contribution in [0, 0.1) is 12.3 Å². The fourth-order valence-corrected chi connectivity index (χ4v) is 5.01. The van der Waals surface area contributed by atoms with Gasteiger partial charge in [-0.3, -0.25) is 5.10 Å². The number of nitrogens with one attached hydrogen (secondary N) is 2. The van der Waals surface area contributed by atoms with Gasteiger partial charge < -0.3 is 19.7 Å². The minimum absolute atomic E-state index is 0.257. The zero-order valence-electron chi connectivity index (χ0n) is 24.1.